The molecule has 1 heterocycles. The van der Waals surface area contributed by atoms with E-state index in [-0.39, 0.29) is 35.5 Å². The molecule has 6 atom stereocenters. The summed E-state index contributed by atoms with van der Waals surface area (Å²) in [5.74, 6) is 2.08. The molecule has 4 aliphatic carbocycles. The van der Waals surface area contributed by atoms with E-state index in [1.54, 1.807) is 32.4 Å². The molecule has 6 nitrogen and oxygen atoms in total. The highest BCUT2D eigenvalue weighted by Crippen LogP contribution is 2.65. The first-order chi connectivity index (χ1) is 12.6. The number of hydrogen-bond donors (Lipinski definition) is 0. The van der Waals surface area contributed by atoms with Gasteiger partial charge >= 0.3 is 0 Å². The third-order valence-electron chi connectivity index (χ3n) is 6.39. The molecule has 2 amide bonds. The molecule has 0 spiro atoms. The number of methoxy groups -OCH3 is 2. The van der Waals surface area contributed by atoms with E-state index >= 15 is 0 Å². The van der Waals surface area contributed by atoms with Gasteiger partial charge in [0.1, 0.15) is 11.5 Å². The number of carbonyl (C=O) groups is 2. The van der Waals surface area contributed by atoms with Crippen LogP contribution in [0.3, 0.4) is 0 Å². The lowest BCUT2D eigenvalue weighted by Gasteiger charge is -2.37. The maximum atomic E-state index is 12.9. The highest BCUT2D eigenvalue weighted by atomic mass is 16.5. The lowest BCUT2D eigenvalue weighted by molar-refractivity contribution is -0.140. The Balaban J connectivity index is 1.43. The summed E-state index contributed by atoms with van der Waals surface area (Å²) in [5, 5.41) is 5.32. The number of benzene rings is 1. The molecule has 1 aliphatic heterocycles. The molecule has 0 unspecified atom stereocenters. The third-order valence-corrected chi connectivity index (χ3v) is 6.39. The Bertz CT molecular complexity index is 825. The summed E-state index contributed by atoms with van der Waals surface area (Å²) in [5.41, 5.74) is 0.688. The zero-order valence-corrected chi connectivity index (χ0v) is 14.7. The number of ether oxygens (including phenoxy) is 2. The standard InChI is InChI=1S/C20H20N2O4/c1-25-11-4-3-10(16(7-11)26-2)9-21-22-19(23)17-12-5-6-13(15-8-14(12)15)18(17)20(22)24/h3-7,9,12-15,17-18H,8H2,1-2H3/b21-9-/t12-,13+,14-,15-,17+,18-/m1/s1. The van der Waals surface area contributed by atoms with Crippen LogP contribution < -0.4 is 9.47 Å². The van der Waals surface area contributed by atoms with E-state index in [1.807, 2.05) is 0 Å². The summed E-state index contributed by atoms with van der Waals surface area (Å²) in [6.45, 7) is 0. The van der Waals surface area contributed by atoms with Gasteiger partial charge in [0.15, 0.2) is 0 Å². The van der Waals surface area contributed by atoms with Gasteiger partial charge in [0.2, 0.25) is 0 Å². The molecule has 2 bridgehead atoms. The molecule has 1 saturated heterocycles. The SMILES string of the molecule is COc1ccc(/C=N\N2C(=O)[C@@H]3[C@H]4C=C[C@H]([C@H]5C[C@H]45)[C@@H]3C2=O)c(OC)c1. The van der Waals surface area contributed by atoms with Crippen molar-refractivity contribution < 1.29 is 19.1 Å². The lowest BCUT2D eigenvalue weighted by Crippen LogP contribution is -2.40. The van der Waals surface area contributed by atoms with Gasteiger partial charge in [-0.25, -0.2) is 0 Å². The molecule has 6 rings (SSSR count). The van der Waals surface area contributed by atoms with Crippen LogP contribution in [0.1, 0.15) is 12.0 Å². The number of nitrogens with zero attached hydrogens (tertiary/aromatic N) is 2. The Labute approximate surface area is 151 Å². The van der Waals surface area contributed by atoms with Crippen LogP contribution in [0.2, 0.25) is 0 Å². The highest BCUT2D eigenvalue weighted by Gasteiger charge is 2.67. The molecule has 3 fully saturated rings. The molecular formula is C20H20N2O4. The molecule has 0 N–H and O–H groups in total. The first-order valence-corrected chi connectivity index (χ1v) is 8.96. The third kappa shape index (κ3) is 2.01. The Morgan fingerprint density at radius 1 is 1.04 bits per heavy atom. The Morgan fingerprint density at radius 2 is 1.69 bits per heavy atom. The quantitative estimate of drug-likeness (QED) is 0.473. The zero-order valence-electron chi connectivity index (χ0n) is 14.7. The number of allylic oxidation sites excluding steroid dienone is 2. The van der Waals surface area contributed by atoms with E-state index in [0.29, 0.717) is 28.9 Å². The summed E-state index contributed by atoms with van der Waals surface area (Å²) in [4.78, 5) is 25.8. The molecule has 1 aromatic rings. The maximum Gasteiger partial charge on any atom is 0.254 e. The predicted molar refractivity (Wildman–Crippen MR) is 93.7 cm³/mol. The first-order valence-electron chi connectivity index (χ1n) is 8.96. The summed E-state index contributed by atoms with van der Waals surface area (Å²) in [6.07, 6.45) is 6.99. The van der Waals surface area contributed by atoms with E-state index in [0.717, 1.165) is 11.4 Å². The van der Waals surface area contributed by atoms with E-state index in [4.69, 9.17) is 9.47 Å². The van der Waals surface area contributed by atoms with Crippen LogP contribution >= 0.6 is 0 Å². The number of amides is 2. The van der Waals surface area contributed by atoms with Gasteiger partial charge in [0.25, 0.3) is 11.8 Å². The van der Waals surface area contributed by atoms with E-state index < -0.39 is 0 Å². The van der Waals surface area contributed by atoms with Crippen LogP contribution in [0.25, 0.3) is 0 Å². The first kappa shape index (κ1) is 15.6. The molecular weight excluding hydrogens is 332 g/mol. The molecule has 1 aromatic carbocycles. The van der Waals surface area contributed by atoms with Gasteiger partial charge in [-0.1, -0.05) is 12.2 Å². The molecule has 0 aromatic heterocycles. The van der Waals surface area contributed by atoms with Gasteiger partial charge in [0, 0.05) is 11.6 Å². The highest BCUT2D eigenvalue weighted by molar-refractivity contribution is 6.06. The maximum absolute atomic E-state index is 12.9. The number of carbonyl (C=O) groups excluding carboxylic acids is 2. The number of hydrogen-bond acceptors (Lipinski definition) is 5. The van der Waals surface area contributed by atoms with Crippen molar-refractivity contribution in [3.05, 3.63) is 35.9 Å². The smallest absolute Gasteiger partial charge is 0.254 e. The Kier molecular flexibility index (Phi) is 3.26. The van der Waals surface area contributed by atoms with Crippen LogP contribution in [0.5, 0.6) is 11.5 Å². The van der Waals surface area contributed by atoms with Gasteiger partial charge in [-0.15, -0.1) is 0 Å². The molecule has 2 saturated carbocycles. The minimum atomic E-state index is -0.226. The van der Waals surface area contributed by atoms with Crippen LogP contribution in [-0.4, -0.2) is 37.3 Å². The van der Waals surface area contributed by atoms with Crippen LogP contribution in [0.4, 0.5) is 0 Å². The molecule has 0 radical (unpaired) electrons. The summed E-state index contributed by atoms with van der Waals surface area (Å²) < 4.78 is 10.5. The number of rotatable bonds is 4. The number of imide groups is 1. The predicted octanol–water partition coefficient (Wildman–Crippen LogP) is 2.09. The average molecular weight is 352 g/mol. The van der Waals surface area contributed by atoms with Crippen molar-refractivity contribution in [1.82, 2.24) is 5.01 Å². The van der Waals surface area contributed by atoms with Crippen molar-refractivity contribution in [2.24, 2.45) is 40.6 Å². The van der Waals surface area contributed by atoms with Crippen molar-refractivity contribution in [1.29, 1.82) is 0 Å². The van der Waals surface area contributed by atoms with Gasteiger partial charge in [-0.05, 0) is 42.2 Å². The fourth-order valence-corrected chi connectivity index (χ4v) is 5.10. The van der Waals surface area contributed by atoms with E-state index in [2.05, 4.69) is 17.3 Å². The molecule has 26 heavy (non-hydrogen) atoms. The minimum absolute atomic E-state index is 0.159. The van der Waals surface area contributed by atoms with Gasteiger partial charge in [-0.3, -0.25) is 9.59 Å². The van der Waals surface area contributed by atoms with Gasteiger partial charge in [-0.2, -0.15) is 10.1 Å². The second kappa shape index (κ2) is 5.43. The van der Waals surface area contributed by atoms with E-state index in [1.165, 1.54) is 6.21 Å². The van der Waals surface area contributed by atoms with Crippen molar-refractivity contribution in [2.75, 3.05) is 14.2 Å². The fraction of sp³-hybridized carbons (Fsp3) is 0.450. The Morgan fingerprint density at radius 3 is 2.27 bits per heavy atom. The summed E-state index contributed by atoms with van der Waals surface area (Å²) >= 11 is 0. The second-order valence-corrected chi connectivity index (χ2v) is 7.50. The van der Waals surface area contributed by atoms with Gasteiger partial charge in [0.05, 0.1) is 32.3 Å². The normalized spacial score (nSPS) is 36.5. The van der Waals surface area contributed by atoms with Crippen LogP contribution in [-0.2, 0) is 9.59 Å². The molecule has 134 valence electrons. The lowest BCUT2D eigenvalue weighted by atomic mass is 9.63. The summed E-state index contributed by atoms with van der Waals surface area (Å²) in [7, 11) is 3.14. The minimum Gasteiger partial charge on any atom is -0.497 e. The van der Waals surface area contributed by atoms with E-state index in [9.17, 15) is 9.59 Å². The van der Waals surface area contributed by atoms with Crippen LogP contribution in [0, 0.1) is 35.5 Å². The fourth-order valence-electron chi connectivity index (χ4n) is 5.10. The topological polar surface area (TPSA) is 68.2 Å². The van der Waals surface area contributed by atoms with Gasteiger partial charge < -0.3 is 9.47 Å². The number of hydrazone groups is 1. The monoisotopic (exact) mass is 352 g/mol. The van der Waals surface area contributed by atoms with Crippen molar-refractivity contribution in [2.45, 2.75) is 6.42 Å². The van der Waals surface area contributed by atoms with Crippen molar-refractivity contribution in [3.8, 4) is 11.5 Å². The van der Waals surface area contributed by atoms with Crippen molar-refractivity contribution in [3.63, 3.8) is 0 Å². The average Bonchev–Trinajstić information content (AvgIpc) is 3.45. The summed E-state index contributed by atoms with van der Waals surface area (Å²) in [6, 6.07) is 5.32. The Hall–Kier alpha value is -2.63. The van der Waals surface area contributed by atoms with Crippen molar-refractivity contribution >= 4 is 18.0 Å². The largest absolute Gasteiger partial charge is 0.497 e. The zero-order chi connectivity index (χ0) is 18.0. The molecule has 6 heteroatoms. The van der Waals surface area contributed by atoms with Crippen LogP contribution in [0.15, 0.2) is 35.5 Å². The second-order valence-electron chi connectivity index (χ2n) is 7.50. The molecule has 5 aliphatic rings.